The van der Waals surface area contributed by atoms with Crippen molar-refractivity contribution in [3.05, 3.63) is 142 Å². The Labute approximate surface area is 274 Å². The van der Waals surface area contributed by atoms with Crippen molar-refractivity contribution < 1.29 is 9.59 Å². The van der Waals surface area contributed by atoms with Gasteiger partial charge in [-0.05, 0) is 67.4 Å². The lowest BCUT2D eigenvalue weighted by molar-refractivity contribution is -0.126. The molecule has 0 fully saturated rings. The fourth-order valence-corrected chi connectivity index (χ4v) is 7.95. The molecule has 232 valence electrons. The summed E-state index contributed by atoms with van der Waals surface area (Å²) < 4.78 is 0. The lowest BCUT2D eigenvalue weighted by atomic mass is 9.52. The van der Waals surface area contributed by atoms with Gasteiger partial charge in [0.2, 0.25) is 5.91 Å². The third-order valence-corrected chi connectivity index (χ3v) is 10.4. The van der Waals surface area contributed by atoms with Crippen molar-refractivity contribution in [2.45, 2.75) is 31.7 Å². The fourth-order valence-electron chi connectivity index (χ4n) is 7.24. The first kappa shape index (κ1) is 30.1. The van der Waals surface area contributed by atoms with E-state index < -0.39 is 5.41 Å². The monoisotopic (exact) mass is 626 g/mol. The van der Waals surface area contributed by atoms with Crippen LogP contribution in [0.5, 0.6) is 0 Å². The highest BCUT2D eigenvalue weighted by Gasteiger charge is 2.54. The number of nitrogens with zero attached hydrogens (tertiary/aromatic N) is 3. The molecule has 0 spiro atoms. The Balaban J connectivity index is 1.07. The van der Waals surface area contributed by atoms with Gasteiger partial charge in [0.25, 0.3) is 5.91 Å². The summed E-state index contributed by atoms with van der Waals surface area (Å²) >= 11 is 1.43. The van der Waals surface area contributed by atoms with Gasteiger partial charge in [0.05, 0.1) is 11.1 Å². The van der Waals surface area contributed by atoms with Crippen LogP contribution >= 0.6 is 11.3 Å². The normalized spacial score (nSPS) is 19.4. The molecule has 2 amide bonds. The fraction of sp³-hybridized carbons (Fsp3) is 0.256. The standard InChI is InChI=1S/C39H38N4O2S/c1-39(23-33-29-13-7-9-15-31(29)35(39)32-16-10-8-14-30(32)33)37(45)41-38-40-34(25-46-38)27-17-19-28(20-18-27)36(44)43(22-21-42(2)3)24-26-11-5-4-6-12-26/h4-20,25,33,35H,21-24H2,1-3H3,(H,40,41,45). The largest absolute Gasteiger partial charge is 0.333 e. The molecule has 1 N–H and O–H groups in total. The van der Waals surface area contributed by atoms with Crippen molar-refractivity contribution >= 4 is 28.3 Å². The van der Waals surface area contributed by atoms with Gasteiger partial charge in [-0.25, -0.2) is 4.98 Å². The van der Waals surface area contributed by atoms with Crippen molar-refractivity contribution in [1.82, 2.24) is 14.8 Å². The van der Waals surface area contributed by atoms with Gasteiger partial charge in [0.15, 0.2) is 5.13 Å². The van der Waals surface area contributed by atoms with E-state index in [4.69, 9.17) is 4.98 Å². The Morgan fingerprint density at radius 1 is 0.826 bits per heavy atom. The number of rotatable bonds is 9. The Morgan fingerprint density at radius 2 is 1.43 bits per heavy atom. The third-order valence-electron chi connectivity index (χ3n) is 9.62. The summed E-state index contributed by atoms with van der Waals surface area (Å²) in [7, 11) is 4.03. The van der Waals surface area contributed by atoms with Crippen LogP contribution in [0.15, 0.2) is 109 Å². The molecule has 2 bridgehead atoms. The average molecular weight is 627 g/mol. The highest BCUT2D eigenvalue weighted by molar-refractivity contribution is 7.14. The third kappa shape index (κ3) is 5.54. The van der Waals surface area contributed by atoms with Crippen LogP contribution in [0.25, 0.3) is 11.3 Å². The van der Waals surface area contributed by atoms with Gasteiger partial charge in [0.1, 0.15) is 0 Å². The van der Waals surface area contributed by atoms with E-state index in [1.54, 1.807) is 0 Å². The number of hydrogen-bond acceptors (Lipinski definition) is 5. The van der Waals surface area contributed by atoms with Gasteiger partial charge in [-0.15, -0.1) is 11.3 Å². The maximum atomic E-state index is 14.1. The number of nitrogens with one attached hydrogen (secondary N) is 1. The second-order valence-electron chi connectivity index (χ2n) is 12.9. The first-order valence-electron chi connectivity index (χ1n) is 15.8. The highest BCUT2D eigenvalue weighted by atomic mass is 32.1. The van der Waals surface area contributed by atoms with E-state index in [1.165, 1.54) is 33.6 Å². The van der Waals surface area contributed by atoms with E-state index in [2.05, 4.69) is 77.8 Å². The summed E-state index contributed by atoms with van der Waals surface area (Å²) in [4.78, 5) is 36.4. The van der Waals surface area contributed by atoms with Crippen molar-refractivity contribution in [2.75, 3.05) is 32.5 Å². The number of carbonyl (C=O) groups is 2. The number of fused-ring (bicyclic) bond motifs is 1. The number of hydrogen-bond donors (Lipinski definition) is 1. The summed E-state index contributed by atoms with van der Waals surface area (Å²) in [6, 6.07) is 34.9. The minimum Gasteiger partial charge on any atom is -0.333 e. The number of benzene rings is 4. The summed E-state index contributed by atoms with van der Waals surface area (Å²) in [5.74, 6) is 0.201. The quantitative estimate of drug-likeness (QED) is 0.183. The zero-order valence-corrected chi connectivity index (χ0v) is 27.3. The van der Waals surface area contributed by atoms with Crippen molar-refractivity contribution in [1.29, 1.82) is 0 Å². The molecule has 1 unspecified atom stereocenters. The van der Waals surface area contributed by atoms with Crippen LogP contribution in [0, 0.1) is 5.41 Å². The molecule has 0 saturated carbocycles. The minimum atomic E-state index is -0.598. The first-order valence-corrected chi connectivity index (χ1v) is 16.7. The second-order valence-corrected chi connectivity index (χ2v) is 13.8. The molecule has 4 aromatic carbocycles. The molecule has 3 aliphatic rings. The maximum Gasteiger partial charge on any atom is 0.254 e. The molecule has 46 heavy (non-hydrogen) atoms. The minimum absolute atomic E-state index is 0.00153. The number of anilines is 1. The van der Waals surface area contributed by atoms with Gasteiger partial charge in [-0.3, -0.25) is 9.59 Å². The molecular formula is C39H38N4O2S. The zero-order valence-electron chi connectivity index (χ0n) is 26.4. The van der Waals surface area contributed by atoms with E-state index in [0.29, 0.717) is 23.8 Å². The van der Waals surface area contributed by atoms with Crippen LogP contribution in [-0.4, -0.2) is 53.8 Å². The first-order chi connectivity index (χ1) is 22.3. The summed E-state index contributed by atoms with van der Waals surface area (Å²) in [5.41, 5.74) is 8.03. The van der Waals surface area contributed by atoms with Crippen LogP contribution in [0.4, 0.5) is 5.13 Å². The molecule has 7 heteroatoms. The number of carbonyl (C=O) groups excluding carboxylic acids is 2. The Morgan fingerprint density at radius 3 is 2.07 bits per heavy atom. The molecule has 5 aromatic rings. The van der Waals surface area contributed by atoms with Crippen LogP contribution in [0.2, 0.25) is 0 Å². The van der Waals surface area contributed by atoms with Gasteiger partial charge in [0, 0.05) is 48.0 Å². The maximum absolute atomic E-state index is 14.1. The smallest absolute Gasteiger partial charge is 0.254 e. The van der Waals surface area contributed by atoms with E-state index in [9.17, 15) is 9.59 Å². The van der Waals surface area contributed by atoms with Gasteiger partial charge in [-0.1, -0.05) is 91.0 Å². The second kappa shape index (κ2) is 12.3. The number of amides is 2. The molecule has 6 nitrogen and oxygen atoms in total. The Kier molecular flexibility index (Phi) is 8.05. The number of aromatic nitrogens is 1. The molecule has 8 rings (SSSR count). The summed E-state index contributed by atoms with van der Waals surface area (Å²) in [6.07, 6.45) is 0.765. The zero-order chi connectivity index (χ0) is 31.8. The van der Waals surface area contributed by atoms with Crippen LogP contribution < -0.4 is 5.32 Å². The molecule has 1 heterocycles. The van der Waals surface area contributed by atoms with Gasteiger partial charge >= 0.3 is 0 Å². The van der Waals surface area contributed by atoms with E-state index in [-0.39, 0.29) is 23.7 Å². The Bertz CT molecular complexity index is 1840. The van der Waals surface area contributed by atoms with Gasteiger partial charge in [-0.2, -0.15) is 0 Å². The predicted molar refractivity (Wildman–Crippen MR) is 185 cm³/mol. The van der Waals surface area contributed by atoms with Crippen LogP contribution in [0.1, 0.15) is 63.4 Å². The van der Waals surface area contributed by atoms with Crippen molar-refractivity contribution in [2.24, 2.45) is 5.41 Å². The summed E-state index contributed by atoms with van der Waals surface area (Å²) in [6.45, 7) is 4.08. The topological polar surface area (TPSA) is 65.5 Å². The summed E-state index contributed by atoms with van der Waals surface area (Å²) in [5, 5.41) is 5.73. The average Bonchev–Trinajstić information content (AvgIpc) is 3.55. The van der Waals surface area contributed by atoms with Crippen molar-refractivity contribution in [3.8, 4) is 11.3 Å². The lowest BCUT2D eigenvalue weighted by Crippen LogP contribution is -2.47. The van der Waals surface area contributed by atoms with E-state index in [1.807, 2.05) is 66.8 Å². The molecular weight excluding hydrogens is 589 g/mol. The van der Waals surface area contributed by atoms with Crippen LogP contribution in [0.3, 0.4) is 0 Å². The van der Waals surface area contributed by atoms with Crippen LogP contribution in [-0.2, 0) is 11.3 Å². The molecule has 1 aromatic heterocycles. The molecule has 0 saturated heterocycles. The lowest BCUT2D eigenvalue weighted by Gasteiger charge is -2.50. The molecule has 3 aliphatic carbocycles. The van der Waals surface area contributed by atoms with Gasteiger partial charge < -0.3 is 15.1 Å². The highest BCUT2D eigenvalue weighted by Crippen LogP contribution is 2.61. The Hall–Kier alpha value is -4.59. The number of likely N-dealkylation sites (N-methyl/N-ethyl adjacent to an activating group) is 1. The molecule has 1 atom stereocenters. The predicted octanol–water partition coefficient (Wildman–Crippen LogP) is 7.64. The number of thiazole rings is 1. The molecule has 0 radical (unpaired) electrons. The van der Waals surface area contributed by atoms with Crippen molar-refractivity contribution in [3.63, 3.8) is 0 Å². The van der Waals surface area contributed by atoms with E-state index >= 15 is 0 Å². The molecule has 0 aliphatic heterocycles. The van der Waals surface area contributed by atoms with E-state index in [0.717, 1.165) is 29.8 Å². The SMILES string of the molecule is CN(C)CCN(Cc1ccccc1)C(=O)c1ccc(-c2csc(NC(=O)C3(C)CC4c5ccccc5C3c3ccccc34)n2)cc1.